The minimum Gasteiger partial charge on any atom is -0.494 e. The molecule has 3 N–H and O–H groups in total. The van der Waals surface area contributed by atoms with E-state index in [1.165, 1.54) is 19.4 Å². The van der Waals surface area contributed by atoms with Gasteiger partial charge in [0.15, 0.2) is 17.4 Å². The van der Waals surface area contributed by atoms with Crippen LogP contribution in [0, 0.1) is 5.82 Å². The Balaban J connectivity index is 2.04. The van der Waals surface area contributed by atoms with Crippen molar-refractivity contribution in [2.45, 2.75) is 6.92 Å². The van der Waals surface area contributed by atoms with Crippen molar-refractivity contribution in [1.82, 2.24) is 15.0 Å². The standard InChI is InChI=1S/C19H18FN5O3/c1-3-28-19(26)13-10-22-16(21)7-15(13)25-14-6-4-5-12(17(14)27-2)18-23-8-11(20)9-24-18/h4-10H,3H2,1-2H3,(H3,21,22,25). The van der Waals surface area contributed by atoms with E-state index in [0.717, 1.165) is 12.4 Å². The normalized spacial score (nSPS) is 10.4. The van der Waals surface area contributed by atoms with Crippen molar-refractivity contribution in [1.29, 1.82) is 0 Å². The number of esters is 1. The molecule has 0 saturated carbocycles. The molecule has 0 atom stereocenters. The maximum Gasteiger partial charge on any atom is 0.341 e. The number of anilines is 3. The van der Waals surface area contributed by atoms with Crippen LogP contribution in [0.2, 0.25) is 0 Å². The maximum absolute atomic E-state index is 13.1. The van der Waals surface area contributed by atoms with Crippen molar-refractivity contribution in [3.8, 4) is 17.1 Å². The number of hydrogen-bond acceptors (Lipinski definition) is 8. The molecule has 144 valence electrons. The number of carbonyl (C=O) groups is 1. The van der Waals surface area contributed by atoms with Crippen LogP contribution < -0.4 is 15.8 Å². The second-order valence-electron chi connectivity index (χ2n) is 5.61. The average Bonchev–Trinajstić information content (AvgIpc) is 2.68. The Labute approximate surface area is 160 Å². The molecule has 9 heteroatoms. The van der Waals surface area contributed by atoms with E-state index in [2.05, 4.69) is 20.3 Å². The molecule has 2 aromatic heterocycles. The Kier molecular flexibility index (Phi) is 5.64. The van der Waals surface area contributed by atoms with Crippen LogP contribution in [0.1, 0.15) is 17.3 Å². The van der Waals surface area contributed by atoms with E-state index in [0.29, 0.717) is 28.5 Å². The lowest BCUT2D eigenvalue weighted by Gasteiger charge is -2.16. The third-order valence-electron chi connectivity index (χ3n) is 3.77. The lowest BCUT2D eigenvalue weighted by molar-refractivity contribution is 0.0527. The molecule has 28 heavy (non-hydrogen) atoms. The lowest BCUT2D eigenvalue weighted by Crippen LogP contribution is -2.10. The summed E-state index contributed by atoms with van der Waals surface area (Å²) >= 11 is 0. The molecule has 2 heterocycles. The van der Waals surface area contributed by atoms with Crippen molar-refractivity contribution in [2.24, 2.45) is 0 Å². The zero-order valence-electron chi connectivity index (χ0n) is 15.3. The summed E-state index contributed by atoms with van der Waals surface area (Å²) in [6, 6.07) is 6.76. The molecule has 0 spiro atoms. The molecule has 0 amide bonds. The predicted octanol–water partition coefficient (Wildman–Crippen LogP) is 3.19. The number of rotatable bonds is 6. The average molecular weight is 383 g/mol. The van der Waals surface area contributed by atoms with E-state index in [1.54, 1.807) is 25.1 Å². The number of methoxy groups -OCH3 is 1. The van der Waals surface area contributed by atoms with E-state index in [-0.39, 0.29) is 18.0 Å². The number of ether oxygens (including phenoxy) is 2. The third-order valence-corrected chi connectivity index (χ3v) is 3.77. The smallest absolute Gasteiger partial charge is 0.341 e. The largest absolute Gasteiger partial charge is 0.494 e. The molecule has 0 aliphatic rings. The summed E-state index contributed by atoms with van der Waals surface area (Å²) in [6.07, 6.45) is 3.49. The fourth-order valence-electron chi connectivity index (χ4n) is 2.57. The van der Waals surface area contributed by atoms with Crippen molar-refractivity contribution >= 4 is 23.2 Å². The molecule has 0 bridgehead atoms. The van der Waals surface area contributed by atoms with Crippen LogP contribution in [-0.4, -0.2) is 34.6 Å². The van der Waals surface area contributed by atoms with Gasteiger partial charge in [-0.05, 0) is 19.1 Å². The quantitative estimate of drug-likeness (QED) is 0.624. The lowest BCUT2D eigenvalue weighted by atomic mass is 10.1. The van der Waals surface area contributed by atoms with Crippen LogP contribution in [0.25, 0.3) is 11.4 Å². The van der Waals surface area contributed by atoms with E-state index in [9.17, 15) is 9.18 Å². The maximum atomic E-state index is 13.1. The first kappa shape index (κ1) is 19.0. The van der Waals surface area contributed by atoms with Crippen molar-refractivity contribution < 1.29 is 18.7 Å². The Morgan fingerprint density at radius 1 is 1.18 bits per heavy atom. The fraction of sp³-hybridized carbons (Fsp3) is 0.158. The van der Waals surface area contributed by atoms with E-state index in [1.807, 2.05) is 0 Å². The minimum atomic E-state index is -0.539. The Morgan fingerprint density at radius 3 is 2.61 bits per heavy atom. The number of pyridine rings is 1. The summed E-state index contributed by atoms with van der Waals surface area (Å²) in [6.45, 7) is 1.94. The monoisotopic (exact) mass is 383 g/mol. The van der Waals surface area contributed by atoms with Gasteiger partial charge in [0.05, 0.1) is 43.0 Å². The molecule has 0 aliphatic heterocycles. The van der Waals surface area contributed by atoms with Gasteiger partial charge in [-0.1, -0.05) is 6.07 Å². The summed E-state index contributed by atoms with van der Waals surface area (Å²) < 4.78 is 23.7. The van der Waals surface area contributed by atoms with Crippen LogP contribution in [-0.2, 0) is 4.74 Å². The highest BCUT2D eigenvalue weighted by Crippen LogP contribution is 2.37. The summed E-state index contributed by atoms with van der Waals surface area (Å²) in [5.41, 5.74) is 7.48. The number of hydrogen-bond donors (Lipinski definition) is 2. The number of nitrogens with one attached hydrogen (secondary N) is 1. The molecule has 0 saturated heterocycles. The number of aromatic nitrogens is 3. The SMILES string of the molecule is CCOC(=O)c1cnc(N)cc1Nc1cccc(-c2ncc(F)cn2)c1OC. The van der Waals surface area contributed by atoms with Gasteiger partial charge >= 0.3 is 5.97 Å². The molecule has 3 aromatic rings. The number of nitrogens with zero attached hydrogens (tertiary/aromatic N) is 3. The molecule has 3 rings (SSSR count). The topological polar surface area (TPSA) is 112 Å². The zero-order valence-corrected chi connectivity index (χ0v) is 15.3. The van der Waals surface area contributed by atoms with Gasteiger partial charge in [0.25, 0.3) is 0 Å². The Morgan fingerprint density at radius 2 is 1.93 bits per heavy atom. The minimum absolute atomic E-state index is 0.224. The second-order valence-corrected chi connectivity index (χ2v) is 5.61. The first-order valence-electron chi connectivity index (χ1n) is 8.38. The van der Waals surface area contributed by atoms with Gasteiger partial charge in [0.2, 0.25) is 0 Å². The van der Waals surface area contributed by atoms with Crippen molar-refractivity contribution in [3.63, 3.8) is 0 Å². The molecule has 0 aliphatic carbocycles. The van der Waals surface area contributed by atoms with Gasteiger partial charge in [0.1, 0.15) is 11.4 Å². The van der Waals surface area contributed by atoms with Crippen LogP contribution in [0.15, 0.2) is 42.9 Å². The van der Waals surface area contributed by atoms with Gasteiger partial charge in [-0.25, -0.2) is 24.1 Å². The number of halogens is 1. The van der Waals surface area contributed by atoms with E-state index in [4.69, 9.17) is 15.2 Å². The van der Waals surface area contributed by atoms with Crippen LogP contribution in [0.3, 0.4) is 0 Å². The molecule has 0 fully saturated rings. The fourth-order valence-corrected chi connectivity index (χ4v) is 2.57. The van der Waals surface area contributed by atoms with Gasteiger partial charge < -0.3 is 20.5 Å². The highest BCUT2D eigenvalue weighted by Gasteiger charge is 2.18. The van der Waals surface area contributed by atoms with E-state index >= 15 is 0 Å². The number of para-hydroxylation sites is 1. The summed E-state index contributed by atoms with van der Waals surface area (Å²) in [5, 5.41) is 3.12. The Bertz CT molecular complexity index is 995. The van der Waals surface area contributed by atoms with Crippen LogP contribution in [0.4, 0.5) is 21.6 Å². The van der Waals surface area contributed by atoms with Gasteiger partial charge in [0, 0.05) is 12.3 Å². The first-order chi connectivity index (χ1) is 13.5. The summed E-state index contributed by atoms with van der Waals surface area (Å²) in [5.74, 6) is -0.133. The first-order valence-corrected chi connectivity index (χ1v) is 8.38. The third kappa shape index (κ3) is 3.98. The zero-order chi connectivity index (χ0) is 20.1. The molecule has 1 aromatic carbocycles. The Hall–Kier alpha value is -3.75. The molecular weight excluding hydrogens is 365 g/mol. The van der Waals surface area contributed by atoms with Crippen LogP contribution >= 0.6 is 0 Å². The highest BCUT2D eigenvalue weighted by molar-refractivity contribution is 5.97. The number of nitrogens with two attached hydrogens (primary N) is 1. The van der Waals surface area contributed by atoms with Gasteiger partial charge in [-0.3, -0.25) is 0 Å². The highest BCUT2D eigenvalue weighted by atomic mass is 19.1. The predicted molar refractivity (Wildman–Crippen MR) is 102 cm³/mol. The van der Waals surface area contributed by atoms with Crippen LogP contribution in [0.5, 0.6) is 5.75 Å². The number of benzene rings is 1. The molecule has 8 nitrogen and oxygen atoms in total. The van der Waals surface area contributed by atoms with E-state index < -0.39 is 11.8 Å². The molecular formula is C19H18FN5O3. The molecule has 0 unspecified atom stereocenters. The summed E-state index contributed by atoms with van der Waals surface area (Å²) in [4.78, 5) is 24.1. The van der Waals surface area contributed by atoms with Crippen molar-refractivity contribution in [3.05, 3.63) is 54.2 Å². The number of nitrogen functional groups attached to an aromatic ring is 1. The molecule has 0 radical (unpaired) electrons. The van der Waals surface area contributed by atoms with Crippen molar-refractivity contribution in [2.75, 3.05) is 24.8 Å². The number of carbonyl (C=O) groups excluding carboxylic acids is 1. The second kappa shape index (κ2) is 8.30. The van der Waals surface area contributed by atoms with Gasteiger partial charge in [-0.2, -0.15) is 0 Å². The van der Waals surface area contributed by atoms with Gasteiger partial charge in [-0.15, -0.1) is 0 Å². The summed E-state index contributed by atoms with van der Waals surface area (Å²) in [7, 11) is 1.49.